The molecule has 2 aliphatic heterocycles. The van der Waals surface area contributed by atoms with Crippen LogP contribution in [0.25, 0.3) is 6.08 Å². The van der Waals surface area contributed by atoms with Gasteiger partial charge in [0, 0.05) is 50.7 Å². The lowest BCUT2D eigenvalue weighted by atomic mass is 9.96. The van der Waals surface area contributed by atoms with E-state index in [0.29, 0.717) is 13.1 Å². The summed E-state index contributed by atoms with van der Waals surface area (Å²) >= 11 is 1.64. The molecular formula is C25H32N4O2S. The number of amides is 3. The second-order valence-electron chi connectivity index (χ2n) is 8.46. The Morgan fingerprint density at radius 3 is 2.56 bits per heavy atom. The standard InChI is InChI=1S/C25H32N4O2S/c30-24(22-10-5-13-29(20-22)25(31)26-19-23-11-6-18-32-23)28-16-14-27(15-17-28)12-4-9-21-7-2-1-3-8-21/h1-4,6-9,11,18,22H,5,10,12-17,19-20H2,(H,26,31)/b9-4+. The number of hydrogen-bond donors (Lipinski definition) is 1. The molecule has 2 aromatic rings. The van der Waals surface area contributed by atoms with Gasteiger partial charge < -0.3 is 15.1 Å². The molecule has 2 aliphatic rings. The largest absolute Gasteiger partial charge is 0.340 e. The third kappa shape index (κ3) is 6.20. The second-order valence-corrected chi connectivity index (χ2v) is 9.49. The summed E-state index contributed by atoms with van der Waals surface area (Å²) in [7, 11) is 0. The molecule has 3 heterocycles. The number of nitrogens with zero attached hydrogens (tertiary/aromatic N) is 3. The average Bonchev–Trinajstić information content (AvgIpc) is 3.37. The highest BCUT2D eigenvalue weighted by Gasteiger charge is 2.32. The zero-order valence-electron chi connectivity index (χ0n) is 18.5. The number of piperazine rings is 1. The summed E-state index contributed by atoms with van der Waals surface area (Å²) in [4.78, 5) is 33.0. The molecule has 4 rings (SSSR count). The second kappa shape index (κ2) is 11.3. The molecule has 0 radical (unpaired) electrons. The molecule has 2 fully saturated rings. The van der Waals surface area contributed by atoms with E-state index in [9.17, 15) is 9.59 Å². The van der Waals surface area contributed by atoms with Gasteiger partial charge in [-0.2, -0.15) is 0 Å². The zero-order chi connectivity index (χ0) is 22.2. The van der Waals surface area contributed by atoms with E-state index in [1.807, 2.05) is 45.5 Å². The van der Waals surface area contributed by atoms with Gasteiger partial charge in [0.15, 0.2) is 0 Å². The van der Waals surface area contributed by atoms with Gasteiger partial charge in [-0.05, 0) is 29.9 Å². The first-order valence-electron chi connectivity index (χ1n) is 11.5. The number of urea groups is 1. The summed E-state index contributed by atoms with van der Waals surface area (Å²) in [6.07, 6.45) is 6.10. The van der Waals surface area contributed by atoms with Gasteiger partial charge in [0.2, 0.25) is 5.91 Å². The molecule has 3 amide bonds. The Bertz CT molecular complexity index is 892. The summed E-state index contributed by atoms with van der Waals surface area (Å²) in [6, 6.07) is 14.3. The van der Waals surface area contributed by atoms with E-state index in [4.69, 9.17) is 0 Å². The number of likely N-dealkylation sites (tertiary alicyclic amines) is 1. The van der Waals surface area contributed by atoms with Crippen molar-refractivity contribution < 1.29 is 9.59 Å². The van der Waals surface area contributed by atoms with Crippen molar-refractivity contribution in [3.63, 3.8) is 0 Å². The summed E-state index contributed by atoms with van der Waals surface area (Å²) in [5.41, 5.74) is 1.21. The van der Waals surface area contributed by atoms with Crippen molar-refractivity contribution in [3.8, 4) is 0 Å². The third-order valence-corrected chi connectivity index (χ3v) is 7.09. The molecule has 7 heteroatoms. The van der Waals surface area contributed by atoms with Crippen LogP contribution in [0.2, 0.25) is 0 Å². The number of benzene rings is 1. The van der Waals surface area contributed by atoms with Crippen LogP contribution in [0.4, 0.5) is 4.79 Å². The topological polar surface area (TPSA) is 55.9 Å². The van der Waals surface area contributed by atoms with Crippen LogP contribution < -0.4 is 5.32 Å². The maximum Gasteiger partial charge on any atom is 0.317 e. The van der Waals surface area contributed by atoms with Gasteiger partial charge in [-0.3, -0.25) is 9.69 Å². The molecular weight excluding hydrogens is 420 g/mol. The van der Waals surface area contributed by atoms with Crippen molar-refractivity contribution in [3.05, 3.63) is 64.4 Å². The highest BCUT2D eigenvalue weighted by atomic mass is 32.1. The quantitative estimate of drug-likeness (QED) is 0.730. The number of thiophene rings is 1. The maximum atomic E-state index is 13.1. The molecule has 170 valence electrons. The Balaban J connectivity index is 1.20. The Labute approximate surface area is 194 Å². The van der Waals surface area contributed by atoms with Gasteiger partial charge in [-0.1, -0.05) is 48.6 Å². The molecule has 0 saturated carbocycles. The Morgan fingerprint density at radius 1 is 1.00 bits per heavy atom. The van der Waals surface area contributed by atoms with Crippen molar-refractivity contribution in [2.24, 2.45) is 5.92 Å². The first-order valence-corrected chi connectivity index (χ1v) is 12.3. The van der Waals surface area contributed by atoms with Gasteiger partial charge in [-0.25, -0.2) is 4.79 Å². The van der Waals surface area contributed by atoms with Crippen molar-refractivity contribution in [2.75, 3.05) is 45.8 Å². The molecule has 1 N–H and O–H groups in total. The van der Waals surface area contributed by atoms with E-state index in [2.05, 4.69) is 34.5 Å². The Morgan fingerprint density at radius 2 is 1.81 bits per heavy atom. The van der Waals surface area contributed by atoms with E-state index >= 15 is 0 Å². The number of hydrogen-bond acceptors (Lipinski definition) is 4. The van der Waals surface area contributed by atoms with E-state index in [1.165, 1.54) is 5.56 Å². The van der Waals surface area contributed by atoms with E-state index in [0.717, 1.165) is 57.0 Å². The smallest absolute Gasteiger partial charge is 0.317 e. The van der Waals surface area contributed by atoms with Crippen LogP contribution in [0.3, 0.4) is 0 Å². The van der Waals surface area contributed by atoms with Gasteiger partial charge in [0.1, 0.15) is 0 Å². The molecule has 0 bridgehead atoms. The van der Waals surface area contributed by atoms with Crippen LogP contribution >= 0.6 is 11.3 Å². The fourth-order valence-corrected chi connectivity index (χ4v) is 5.01. The zero-order valence-corrected chi connectivity index (χ0v) is 19.3. The molecule has 1 atom stereocenters. The minimum absolute atomic E-state index is 0.0640. The van der Waals surface area contributed by atoms with Crippen LogP contribution in [0.5, 0.6) is 0 Å². The van der Waals surface area contributed by atoms with Crippen LogP contribution in [-0.2, 0) is 11.3 Å². The van der Waals surface area contributed by atoms with Crippen molar-refractivity contribution in [1.29, 1.82) is 0 Å². The third-order valence-electron chi connectivity index (χ3n) is 6.21. The van der Waals surface area contributed by atoms with Gasteiger partial charge >= 0.3 is 6.03 Å². The summed E-state index contributed by atoms with van der Waals surface area (Å²) in [6.45, 7) is 6.00. The van der Waals surface area contributed by atoms with E-state index in [-0.39, 0.29) is 17.9 Å². The molecule has 6 nitrogen and oxygen atoms in total. The summed E-state index contributed by atoms with van der Waals surface area (Å²) in [5, 5.41) is 5.00. The van der Waals surface area contributed by atoms with Crippen LogP contribution in [0.1, 0.15) is 23.3 Å². The van der Waals surface area contributed by atoms with Crippen molar-refractivity contribution in [2.45, 2.75) is 19.4 Å². The predicted octanol–water partition coefficient (Wildman–Crippen LogP) is 3.53. The van der Waals surface area contributed by atoms with Gasteiger partial charge in [-0.15, -0.1) is 11.3 Å². The lowest BCUT2D eigenvalue weighted by Gasteiger charge is -2.38. The highest BCUT2D eigenvalue weighted by molar-refractivity contribution is 7.09. The minimum Gasteiger partial charge on any atom is -0.340 e. The SMILES string of the molecule is O=C(NCc1cccs1)N1CCCC(C(=O)N2CCN(C/C=C/c3ccccc3)CC2)C1. The maximum absolute atomic E-state index is 13.1. The predicted molar refractivity (Wildman–Crippen MR) is 129 cm³/mol. The first kappa shape index (κ1) is 22.6. The summed E-state index contributed by atoms with van der Waals surface area (Å²) < 4.78 is 0. The van der Waals surface area contributed by atoms with E-state index in [1.54, 1.807) is 11.3 Å². The molecule has 0 aliphatic carbocycles. The fourth-order valence-electron chi connectivity index (χ4n) is 4.36. The fraction of sp³-hybridized carbons (Fsp3) is 0.440. The molecule has 0 spiro atoms. The molecule has 32 heavy (non-hydrogen) atoms. The van der Waals surface area contributed by atoms with E-state index < -0.39 is 0 Å². The molecule has 2 saturated heterocycles. The van der Waals surface area contributed by atoms with Crippen LogP contribution in [-0.4, -0.2) is 72.5 Å². The van der Waals surface area contributed by atoms with Gasteiger partial charge in [0.05, 0.1) is 12.5 Å². The number of nitrogens with one attached hydrogen (secondary N) is 1. The van der Waals surface area contributed by atoms with Crippen LogP contribution in [0, 0.1) is 5.92 Å². The number of rotatable bonds is 6. The normalized spacial score (nSPS) is 19.9. The lowest BCUT2D eigenvalue weighted by molar-refractivity contribution is -0.138. The van der Waals surface area contributed by atoms with Crippen molar-refractivity contribution in [1.82, 2.24) is 20.0 Å². The molecule has 1 aromatic heterocycles. The number of carbonyl (C=O) groups excluding carboxylic acids is 2. The molecule has 1 aromatic carbocycles. The Kier molecular flexibility index (Phi) is 7.96. The number of piperidine rings is 1. The minimum atomic E-state index is -0.0826. The Hall–Kier alpha value is -2.64. The van der Waals surface area contributed by atoms with Crippen LogP contribution in [0.15, 0.2) is 53.9 Å². The van der Waals surface area contributed by atoms with Gasteiger partial charge in [0.25, 0.3) is 0 Å². The summed E-state index contributed by atoms with van der Waals surface area (Å²) in [5.74, 6) is 0.126. The molecule has 1 unspecified atom stereocenters. The highest BCUT2D eigenvalue weighted by Crippen LogP contribution is 2.20. The number of carbonyl (C=O) groups is 2. The first-order chi connectivity index (χ1) is 15.7. The monoisotopic (exact) mass is 452 g/mol. The lowest BCUT2D eigenvalue weighted by Crippen LogP contribution is -2.53. The average molecular weight is 453 g/mol. The van der Waals surface area contributed by atoms with Crippen molar-refractivity contribution >= 4 is 29.4 Å².